The van der Waals surface area contributed by atoms with Gasteiger partial charge in [-0.2, -0.15) is 36.3 Å². The number of aliphatic imine (C=N–C) groups is 2. The topological polar surface area (TPSA) is 105 Å². The van der Waals surface area contributed by atoms with E-state index < -0.39 is 46.3 Å². The van der Waals surface area contributed by atoms with E-state index in [9.17, 15) is 35.9 Å². The number of amidine groups is 2. The van der Waals surface area contributed by atoms with Crippen molar-refractivity contribution in [3.05, 3.63) is 129 Å². The molecule has 4 aliphatic rings. The van der Waals surface area contributed by atoms with Gasteiger partial charge in [0.1, 0.15) is 33.9 Å². The van der Waals surface area contributed by atoms with E-state index in [0.717, 1.165) is 23.8 Å². The Kier molecular flexibility index (Phi) is 7.20. The number of halogens is 6. The Balaban J connectivity index is 1.20. The van der Waals surface area contributed by atoms with Crippen molar-refractivity contribution in [3.8, 4) is 5.75 Å². The molecule has 2 amide bonds. The number of ether oxygens (including phenoxy) is 1. The Labute approximate surface area is 286 Å². The highest BCUT2D eigenvalue weighted by Crippen LogP contribution is 2.51. The maximum Gasteiger partial charge on any atom is 0.433 e. The summed E-state index contributed by atoms with van der Waals surface area (Å²) in [4.78, 5) is 40.5. The molecular formula is C37H27F6N5O3. The molecule has 3 aromatic carbocycles. The summed E-state index contributed by atoms with van der Waals surface area (Å²) in [5, 5.41) is 5.88. The van der Waals surface area contributed by atoms with Crippen LogP contribution in [-0.2, 0) is 45.7 Å². The van der Waals surface area contributed by atoms with Crippen LogP contribution in [0, 0.1) is 0 Å². The fourth-order valence-electron chi connectivity index (χ4n) is 7.90. The second-order valence-electron chi connectivity index (χ2n) is 12.8. The van der Waals surface area contributed by atoms with Gasteiger partial charge in [0.15, 0.2) is 0 Å². The van der Waals surface area contributed by atoms with E-state index in [1.807, 2.05) is 12.1 Å². The van der Waals surface area contributed by atoms with Gasteiger partial charge in [-0.3, -0.25) is 9.59 Å². The normalized spacial score (nSPS) is 22.0. The first-order valence-corrected chi connectivity index (χ1v) is 16.1. The monoisotopic (exact) mass is 703 g/mol. The van der Waals surface area contributed by atoms with Crippen molar-refractivity contribution in [2.75, 3.05) is 13.7 Å². The van der Waals surface area contributed by atoms with Crippen molar-refractivity contribution in [1.29, 1.82) is 0 Å². The van der Waals surface area contributed by atoms with Crippen LogP contribution in [0.5, 0.6) is 5.75 Å². The largest absolute Gasteiger partial charge is 0.493 e. The van der Waals surface area contributed by atoms with Crippen molar-refractivity contribution in [3.63, 3.8) is 0 Å². The predicted molar refractivity (Wildman–Crippen MR) is 173 cm³/mol. The zero-order chi connectivity index (χ0) is 35.9. The maximum absolute atomic E-state index is 14.0. The molecule has 0 bridgehead atoms. The number of rotatable bonds is 2. The SMILES string of the molecule is CNC1=NC(=O)[C@]2(CCOc3c(CNC4=NC(=O)[C@]5(CCc6ccccc65)c5cc(C(F)(F)F)ccc54)cccc32)c2nc(C(F)(F)F)ccc21. The lowest BCUT2D eigenvalue weighted by atomic mass is 9.69. The third-order valence-electron chi connectivity index (χ3n) is 10.3. The standard InChI is InChI=1S/C37H27F6N5O3/c1-44-30-23-11-12-27(37(41,42)43)46-29(23)35(33(50)47-30)15-16-51-28-20(6-4-8-25(28)35)18-45-31-22-10-9-21(36(38,39)40)17-26(22)34(32(49)48-31)14-13-19-5-2-3-7-24(19)34/h2-12,17H,13-16,18H2,1H3,(H,44,47,50)(H,45,48,49)/t34-,35-/m0/s1. The molecule has 2 N–H and O–H groups in total. The average Bonchev–Trinajstić information content (AvgIpc) is 3.50. The van der Waals surface area contributed by atoms with Crippen molar-refractivity contribution in [2.24, 2.45) is 9.98 Å². The number of hydrogen-bond donors (Lipinski definition) is 2. The Hall–Kier alpha value is -5.53. The van der Waals surface area contributed by atoms with E-state index in [0.29, 0.717) is 23.1 Å². The highest BCUT2D eigenvalue weighted by atomic mass is 19.4. The van der Waals surface area contributed by atoms with E-state index >= 15 is 0 Å². The van der Waals surface area contributed by atoms with Crippen LogP contribution in [0.3, 0.4) is 0 Å². The highest BCUT2D eigenvalue weighted by Gasteiger charge is 2.54. The molecule has 4 aromatic rings. The van der Waals surface area contributed by atoms with Crippen LogP contribution in [0.1, 0.15) is 68.7 Å². The number of carbonyl (C=O) groups is 2. The molecule has 2 atom stereocenters. The summed E-state index contributed by atoms with van der Waals surface area (Å²) < 4.78 is 89.8. The number of alkyl halides is 6. The lowest BCUT2D eigenvalue weighted by molar-refractivity contribution is -0.141. The van der Waals surface area contributed by atoms with Gasteiger partial charge in [-0.15, -0.1) is 0 Å². The van der Waals surface area contributed by atoms with Gasteiger partial charge in [0, 0.05) is 42.3 Å². The van der Waals surface area contributed by atoms with Crippen molar-refractivity contribution >= 4 is 23.5 Å². The van der Waals surface area contributed by atoms with E-state index in [2.05, 4.69) is 25.6 Å². The number of nitrogens with zero attached hydrogens (tertiary/aromatic N) is 3. The second-order valence-corrected chi connectivity index (χ2v) is 12.8. The maximum atomic E-state index is 14.0. The number of amides is 2. The molecule has 0 saturated carbocycles. The minimum absolute atomic E-state index is 0.0306. The number of benzene rings is 3. The molecule has 3 aliphatic heterocycles. The van der Waals surface area contributed by atoms with Gasteiger partial charge >= 0.3 is 12.4 Å². The summed E-state index contributed by atoms with van der Waals surface area (Å²) in [6.07, 6.45) is -8.71. The van der Waals surface area contributed by atoms with Crippen molar-refractivity contribution < 1.29 is 40.7 Å². The molecule has 260 valence electrons. The lowest BCUT2D eigenvalue weighted by Crippen LogP contribution is -2.47. The van der Waals surface area contributed by atoms with Crippen LogP contribution in [0.15, 0.2) is 82.8 Å². The molecule has 51 heavy (non-hydrogen) atoms. The van der Waals surface area contributed by atoms with E-state index in [1.54, 1.807) is 30.3 Å². The molecule has 14 heteroatoms. The first-order valence-electron chi connectivity index (χ1n) is 16.1. The van der Waals surface area contributed by atoms with E-state index in [4.69, 9.17) is 4.74 Å². The first kappa shape index (κ1) is 32.7. The van der Waals surface area contributed by atoms with E-state index in [-0.39, 0.29) is 65.8 Å². The van der Waals surface area contributed by atoms with Crippen molar-refractivity contribution in [1.82, 2.24) is 15.6 Å². The number of carbonyl (C=O) groups excluding carboxylic acids is 2. The molecule has 0 radical (unpaired) electrons. The second kappa shape index (κ2) is 11.2. The van der Waals surface area contributed by atoms with Gasteiger partial charge < -0.3 is 15.4 Å². The third kappa shape index (κ3) is 4.79. The molecule has 8 nitrogen and oxygen atoms in total. The fourth-order valence-corrected chi connectivity index (χ4v) is 7.90. The van der Waals surface area contributed by atoms with Crippen LogP contribution in [0.2, 0.25) is 0 Å². The Morgan fingerprint density at radius 3 is 2.25 bits per heavy atom. The van der Waals surface area contributed by atoms with Gasteiger partial charge in [-0.25, -0.2) is 4.98 Å². The minimum atomic E-state index is -4.78. The number of hydrogen-bond acceptors (Lipinski definition) is 6. The molecule has 1 aliphatic carbocycles. The predicted octanol–water partition coefficient (Wildman–Crippen LogP) is 6.00. The smallest absolute Gasteiger partial charge is 0.433 e. The van der Waals surface area contributed by atoms with Gasteiger partial charge in [0.05, 0.1) is 17.9 Å². The van der Waals surface area contributed by atoms with Gasteiger partial charge in [0.25, 0.3) is 11.8 Å². The highest BCUT2D eigenvalue weighted by molar-refractivity contribution is 6.15. The molecule has 2 spiro atoms. The fraction of sp³-hybridized carbons (Fsp3) is 0.270. The number of aryl methyl sites for hydroxylation is 1. The third-order valence-corrected chi connectivity index (χ3v) is 10.3. The van der Waals surface area contributed by atoms with Crippen LogP contribution in [-0.4, -0.2) is 42.1 Å². The molecule has 8 rings (SSSR count). The average molecular weight is 704 g/mol. The van der Waals surface area contributed by atoms with Gasteiger partial charge in [0.2, 0.25) is 0 Å². The summed E-state index contributed by atoms with van der Waals surface area (Å²) in [5.74, 6) is -0.946. The molecular weight excluding hydrogens is 676 g/mol. The Morgan fingerprint density at radius 2 is 1.49 bits per heavy atom. The number of pyridine rings is 1. The molecule has 0 unspecified atom stereocenters. The number of aromatic nitrogens is 1. The number of para-hydroxylation sites is 1. The lowest BCUT2D eigenvalue weighted by Gasteiger charge is -2.40. The minimum Gasteiger partial charge on any atom is -0.493 e. The van der Waals surface area contributed by atoms with Crippen LogP contribution < -0.4 is 15.4 Å². The summed E-state index contributed by atoms with van der Waals surface area (Å²) in [6, 6.07) is 17.4. The Bertz CT molecular complexity index is 2230. The van der Waals surface area contributed by atoms with Crippen LogP contribution >= 0.6 is 0 Å². The van der Waals surface area contributed by atoms with Crippen molar-refractivity contribution in [2.45, 2.75) is 49.0 Å². The van der Waals surface area contributed by atoms with Crippen LogP contribution in [0.25, 0.3) is 0 Å². The van der Waals surface area contributed by atoms with Crippen LogP contribution in [0.4, 0.5) is 26.3 Å². The summed E-state index contributed by atoms with van der Waals surface area (Å²) >= 11 is 0. The molecule has 1 aromatic heterocycles. The molecule has 0 fully saturated rings. The van der Waals surface area contributed by atoms with Gasteiger partial charge in [-0.1, -0.05) is 48.5 Å². The molecule has 4 heterocycles. The first-order chi connectivity index (χ1) is 24.3. The molecule has 0 saturated heterocycles. The number of fused-ring (bicyclic) bond motifs is 8. The summed E-state index contributed by atoms with van der Waals surface area (Å²) in [7, 11) is 1.50. The van der Waals surface area contributed by atoms with Gasteiger partial charge in [-0.05, 0) is 53.8 Å². The Morgan fingerprint density at radius 1 is 0.765 bits per heavy atom. The van der Waals surface area contributed by atoms with E-state index in [1.165, 1.54) is 19.2 Å². The summed E-state index contributed by atoms with van der Waals surface area (Å²) in [6.45, 7) is -0.112. The number of nitrogens with one attached hydrogen (secondary N) is 2. The quantitative estimate of drug-likeness (QED) is 0.248. The zero-order valence-electron chi connectivity index (χ0n) is 26.8. The summed E-state index contributed by atoms with van der Waals surface area (Å²) in [5.41, 5.74) is -2.24. The zero-order valence-corrected chi connectivity index (χ0v) is 26.8.